The van der Waals surface area contributed by atoms with Crippen LogP contribution >= 0.6 is 34.0 Å². The maximum absolute atomic E-state index is 11.5. The van der Waals surface area contributed by atoms with Gasteiger partial charge >= 0.3 is 0 Å². The van der Waals surface area contributed by atoms with E-state index in [1.165, 1.54) is 16.0 Å². The third-order valence-corrected chi connectivity index (χ3v) is 12.4. The number of ether oxygens (including phenoxy) is 1. The molecule has 0 unspecified atom stereocenters. The predicted octanol–water partition coefficient (Wildman–Crippen LogP) is 6.87. The van der Waals surface area contributed by atoms with E-state index in [1.807, 2.05) is 69.5 Å². The van der Waals surface area contributed by atoms with Crippen LogP contribution in [-0.2, 0) is 26.8 Å². The van der Waals surface area contributed by atoms with Crippen molar-refractivity contribution in [3.63, 3.8) is 0 Å². The second-order valence-corrected chi connectivity index (χ2v) is 17.0. The van der Waals surface area contributed by atoms with Crippen LogP contribution in [0.2, 0.25) is 0 Å². The number of nitrogens with zero attached hydrogens (tertiary/aromatic N) is 2. The van der Waals surface area contributed by atoms with Gasteiger partial charge in [-0.05, 0) is 70.3 Å². The zero-order chi connectivity index (χ0) is 32.8. The summed E-state index contributed by atoms with van der Waals surface area (Å²) in [6.45, 7) is 0.499. The summed E-state index contributed by atoms with van der Waals surface area (Å²) in [5.74, 6) is 0.0324. The Kier molecular flexibility index (Phi) is 8.68. The third kappa shape index (κ3) is 6.99. The van der Waals surface area contributed by atoms with Crippen LogP contribution in [0.4, 0.5) is 5.69 Å². The van der Waals surface area contributed by atoms with Crippen LogP contribution in [0, 0.1) is 0 Å². The molecule has 3 aromatic heterocycles. The van der Waals surface area contributed by atoms with Crippen LogP contribution < -0.4 is 14.2 Å². The molecule has 14 heteroatoms. The zero-order valence-electron chi connectivity index (χ0n) is 24.7. The van der Waals surface area contributed by atoms with Crippen molar-refractivity contribution in [1.82, 2.24) is 0 Å². The Morgan fingerprint density at radius 2 is 1.62 bits per heavy atom. The van der Waals surface area contributed by atoms with Gasteiger partial charge in [-0.25, -0.2) is 16.8 Å². The zero-order valence-corrected chi connectivity index (χ0v) is 28.8. The van der Waals surface area contributed by atoms with E-state index < -0.39 is 31.7 Å². The first-order valence-electron chi connectivity index (χ1n) is 14.7. The molecule has 7 rings (SSSR count). The summed E-state index contributed by atoms with van der Waals surface area (Å²) in [5, 5.41) is 5.95. The number of hydrogen-bond donors (Lipinski definition) is 0. The van der Waals surface area contributed by atoms with Gasteiger partial charge in [0.1, 0.15) is 4.70 Å². The normalized spacial score (nSPS) is 14.3. The minimum Gasteiger partial charge on any atom is -0.748 e. The molecule has 0 spiro atoms. The smallest absolute Gasteiger partial charge is 0.268 e. The van der Waals surface area contributed by atoms with Crippen molar-refractivity contribution < 1.29 is 35.2 Å². The first-order valence-corrected chi connectivity index (χ1v) is 20.4. The number of rotatable bonds is 11. The lowest BCUT2D eigenvalue weighted by molar-refractivity contribution is -0.668. The SMILES string of the molecule is O=S(=O)([O-])CCCN1/C(=C/c2sc3ccc(-c4cccs4)cc3[n+]2CCCS(=O)(=O)[O-])Oc2ccc(-c3cccc4sccc34)cc21. The summed E-state index contributed by atoms with van der Waals surface area (Å²) in [6.07, 6.45) is 2.08. The van der Waals surface area contributed by atoms with Crippen molar-refractivity contribution in [3.05, 3.63) is 94.4 Å². The number of thiazole rings is 1. The van der Waals surface area contributed by atoms with Gasteiger partial charge in [0.15, 0.2) is 12.3 Å². The third-order valence-electron chi connectivity index (χ3n) is 7.87. The number of benzene rings is 3. The molecule has 0 bridgehead atoms. The lowest BCUT2D eigenvalue weighted by Crippen LogP contribution is -2.36. The van der Waals surface area contributed by atoms with Crippen molar-refractivity contribution in [2.75, 3.05) is 23.0 Å². The first kappa shape index (κ1) is 31.9. The van der Waals surface area contributed by atoms with Crippen molar-refractivity contribution in [2.45, 2.75) is 19.4 Å². The van der Waals surface area contributed by atoms with Gasteiger partial charge in [-0.1, -0.05) is 41.7 Å². The molecule has 0 radical (unpaired) electrons. The monoisotopic (exact) mass is 723 g/mol. The first-order chi connectivity index (χ1) is 22.5. The molecule has 0 fully saturated rings. The molecule has 0 saturated heterocycles. The highest BCUT2D eigenvalue weighted by Gasteiger charge is 2.30. The summed E-state index contributed by atoms with van der Waals surface area (Å²) in [5.41, 5.74) is 4.68. The van der Waals surface area contributed by atoms with Gasteiger partial charge in [-0.2, -0.15) is 4.57 Å². The molecule has 242 valence electrons. The number of thiophene rings is 2. The molecule has 4 heterocycles. The lowest BCUT2D eigenvalue weighted by atomic mass is 10.0. The number of aryl methyl sites for hydroxylation is 1. The summed E-state index contributed by atoms with van der Waals surface area (Å²) >= 11 is 4.78. The molecule has 0 atom stereocenters. The largest absolute Gasteiger partial charge is 0.748 e. The summed E-state index contributed by atoms with van der Waals surface area (Å²) in [4.78, 5) is 2.97. The highest BCUT2D eigenvalue weighted by molar-refractivity contribution is 7.85. The van der Waals surface area contributed by atoms with Crippen LogP contribution in [0.25, 0.3) is 47.9 Å². The fourth-order valence-electron chi connectivity index (χ4n) is 5.79. The molecule has 3 aromatic carbocycles. The average Bonchev–Trinajstić information content (AvgIpc) is 3.82. The van der Waals surface area contributed by atoms with E-state index in [0.717, 1.165) is 47.9 Å². The Balaban J connectivity index is 1.31. The Morgan fingerprint density at radius 1 is 0.809 bits per heavy atom. The number of hydrogen-bond acceptors (Lipinski definition) is 11. The summed E-state index contributed by atoms with van der Waals surface area (Å²) < 4.78 is 79.4. The molecule has 0 amide bonds. The Labute approximate surface area is 284 Å². The number of anilines is 1. The Bertz CT molecular complexity index is 2360. The maximum atomic E-state index is 11.5. The summed E-state index contributed by atoms with van der Waals surface area (Å²) in [7, 11) is -8.81. The standard InChI is InChI=1S/C33H28N2O7S5/c36-46(37,38)17-3-13-34-26-19-22(24-5-1-6-30-25(24)12-16-44-30)8-10-28(26)42-32(34)21-33-35(14-4-18-47(39,40)41)27-20-23(9-11-31(27)45-33)29-7-2-15-43-29/h1-2,5-12,15-16,19-21H,3-4,13-14,17-18H2,(H-,36,37,38,39,40,41)/p-1. The van der Waals surface area contributed by atoms with Crippen LogP contribution in [0.5, 0.6) is 5.75 Å². The Hall–Kier alpha value is -3.63. The van der Waals surface area contributed by atoms with E-state index in [4.69, 9.17) is 4.74 Å². The minimum atomic E-state index is -4.42. The van der Waals surface area contributed by atoms with Gasteiger partial charge in [0, 0.05) is 45.5 Å². The van der Waals surface area contributed by atoms with Crippen LogP contribution in [0.1, 0.15) is 17.8 Å². The molecular weight excluding hydrogens is 697 g/mol. The maximum Gasteiger partial charge on any atom is 0.268 e. The number of fused-ring (bicyclic) bond motifs is 3. The van der Waals surface area contributed by atoms with E-state index in [0.29, 0.717) is 11.6 Å². The quantitative estimate of drug-likeness (QED) is 0.105. The molecule has 0 saturated carbocycles. The molecule has 6 aromatic rings. The number of aromatic nitrogens is 1. The van der Waals surface area contributed by atoms with Crippen LogP contribution in [-0.4, -0.2) is 44.0 Å². The molecule has 9 nitrogen and oxygen atoms in total. The average molecular weight is 724 g/mol. The van der Waals surface area contributed by atoms with Crippen molar-refractivity contribution in [3.8, 4) is 27.3 Å². The van der Waals surface area contributed by atoms with Crippen molar-refractivity contribution in [2.24, 2.45) is 0 Å². The highest BCUT2D eigenvalue weighted by atomic mass is 32.2. The van der Waals surface area contributed by atoms with E-state index in [9.17, 15) is 25.9 Å². The van der Waals surface area contributed by atoms with Gasteiger partial charge < -0.3 is 18.7 Å². The van der Waals surface area contributed by atoms with Gasteiger partial charge in [-0.3, -0.25) is 0 Å². The molecule has 1 aliphatic rings. The minimum absolute atomic E-state index is 0.0915. The van der Waals surface area contributed by atoms with E-state index in [-0.39, 0.29) is 25.9 Å². The highest BCUT2D eigenvalue weighted by Crippen LogP contribution is 2.44. The molecule has 47 heavy (non-hydrogen) atoms. The van der Waals surface area contributed by atoms with Crippen molar-refractivity contribution >= 4 is 86.3 Å². The van der Waals surface area contributed by atoms with Gasteiger partial charge in [0.25, 0.3) is 5.01 Å². The second kappa shape index (κ2) is 12.8. The van der Waals surface area contributed by atoms with Gasteiger partial charge in [-0.15, -0.1) is 22.7 Å². The molecule has 0 aliphatic carbocycles. The van der Waals surface area contributed by atoms with E-state index in [2.05, 4.69) is 29.6 Å². The fourth-order valence-corrected chi connectivity index (χ4v) is 9.39. The fraction of sp³-hybridized carbons (Fsp3) is 0.182. The topological polar surface area (TPSA) is 131 Å². The van der Waals surface area contributed by atoms with Crippen molar-refractivity contribution in [1.29, 1.82) is 0 Å². The second-order valence-electron chi connectivity index (χ2n) is 11.0. The molecular formula is C33H27N2O7S5-. The van der Waals surface area contributed by atoms with E-state index >= 15 is 0 Å². The van der Waals surface area contributed by atoms with Gasteiger partial charge in [0.2, 0.25) is 11.4 Å². The van der Waals surface area contributed by atoms with E-state index in [1.54, 1.807) is 22.7 Å². The lowest BCUT2D eigenvalue weighted by Gasteiger charge is -2.19. The van der Waals surface area contributed by atoms with Gasteiger partial charge in [0.05, 0.1) is 32.0 Å². The predicted molar refractivity (Wildman–Crippen MR) is 187 cm³/mol. The summed E-state index contributed by atoms with van der Waals surface area (Å²) in [6, 6.07) is 24.3. The molecule has 0 N–H and O–H groups in total. The Morgan fingerprint density at radius 3 is 2.40 bits per heavy atom. The molecule has 1 aliphatic heterocycles. The van der Waals surface area contributed by atoms with Crippen LogP contribution in [0.15, 0.2) is 89.4 Å². The van der Waals surface area contributed by atoms with Crippen LogP contribution in [0.3, 0.4) is 0 Å².